The number of benzene rings is 1. The molecule has 0 N–H and O–H groups in total. The Morgan fingerprint density at radius 1 is 1.43 bits per heavy atom. The Balaban J connectivity index is 2.00. The summed E-state index contributed by atoms with van der Waals surface area (Å²) < 4.78 is 29.4. The Labute approximate surface area is 127 Å². The van der Waals surface area contributed by atoms with E-state index in [0.717, 1.165) is 12.6 Å². The van der Waals surface area contributed by atoms with Crippen molar-refractivity contribution in [3.05, 3.63) is 29.6 Å². The summed E-state index contributed by atoms with van der Waals surface area (Å²) in [5.41, 5.74) is 0.659. The van der Waals surface area contributed by atoms with Crippen LogP contribution >= 0.6 is 11.6 Å². The standard InChI is InChI=1S/C15H18ClF2N3/c1-9(16)15-19-12-6-5-11(17)13(18)14(12)21(15)8-7-20(2)10-3-4-10/h5-6,9-10H,3-4,7-8H2,1-2H3. The Kier molecular flexibility index (Phi) is 3.88. The van der Waals surface area contributed by atoms with Crippen LogP contribution in [0.1, 0.15) is 31.0 Å². The molecule has 6 heteroatoms. The Morgan fingerprint density at radius 2 is 2.14 bits per heavy atom. The third-order valence-electron chi connectivity index (χ3n) is 4.03. The lowest BCUT2D eigenvalue weighted by molar-refractivity contribution is 0.308. The summed E-state index contributed by atoms with van der Waals surface area (Å²) in [5.74, 6) is -1.12. The van der Waals surface area contributed by atoms with E-state index >= 15 is 0 Å². The number of hydrogen-bond acceptors (Lipinski definition) is 2. The number of hydrogen-bond donors (Lipinski definition) is 0. The molecule has 1 aliphatic rings. The minimum Gasteiger partial charge on any atom is -0.323 e. The molecule has 21 heavy (non-hydrogen) atoms. The molecule has 0 bridgehead atoms. The molecule has 3 rings (SSSR count). The molecule has 1 aromatic heterocycles. The fourth-order valence-electron chi connectivity index (χ4n) is 2.66. The maximum Gasteiger partial charge on any atom is 0.184 e. The van der Waals surface area contributed by atoms with Crippen LogP contribution in [0.3, 0.4) is 0 Å². The second kappa shape index (κ2) is 5.54. The van der Waals surface area contributed by atoms with Crippen molar-refractivity contribution < 1.29 is 8.78 Å². The average molecular weight is 314 g/mol. The number of alkyl halides is 1. The van der Waals surface area contributed by atoms with Crippen LogP contribution in [-0.2, 0) is 6.54 Å². The topological polar surface area (TPSA) is 21.1 Å². The van der Waals surface area contributed by atoms with Gasteiger partial charge in [-0.15, -0.1) is 11.6 Å². The molecule has 1 atom stereocenters. The highest BCUT2D eigenvalue weighted by Crippen LogP contribution is 2.29. The Bertz CT molecular complexity index is 664. The maximum atomic E-state index is 14.1. The van der Waals surface area contributed by atoms with Crippen molar-refractivity contribution in [2.45, 2.75) is 37.7 Å². The van der Waals surface area contributed by atoms with Crippen LogP contribution < -0.4 is 0 Å². The number of imidazole rings is 1. The summed E-state index contributed by atoms with van der Waals surface area (Å²) in [6.07, 6.45) is 2.42. The van der Waals surface area contributed by atoms with Crippen molar-refractivity contribution in [1.82, 2.24) is 14.5 Å². The van der Waals surface area contributed by atoms with E-state index in [4.69, 9.17) is 11.6 Å². The van der Waals surface area contributed by atoms with Crippen molar-refractivity contribution in [3.8, 4) is 0 Å². The number of fused-ring (bicyclic) bond motifs is 1. The van der Waals surface area contributed by atoms with Crippen LogP contribution in [0.25, 0.3) is 11.0 Å². The van der Waals surface area contributed by atoms with Gasteiger partial charge in [0.15, 0.2) is 11.6 Å². The zero-order valence-electron chi connectivity index (χ0n) is 12.1. The highest BCUT2D eigenvalue weighted by Gasteiger charge is 2.26. The molecule has 1 heterocycles. The lowest BCUT2D eigenvalue weighted by Crippen LogP contribution is -2.26. The molecule has 1 aromatic carbocycles. The highest BCUT2D eigenvalue weighted by molar-refractivity contribution is 6.20. The molecule has 114 valence electrons. The van der Waals surface area contributed by atoms with Gasteiger partial charge in [0.1, 0.15) is 11.3 Å². The second-order valence-electron chi connectivity index (χ2n) is 5.68. The van der Waals surface area contributed by atoms with Crippen molar-refractivity contribution in [3.63, 3.8) is 0 Å². The van der Waals surface area contributed by atoms with Crippen molar-refractivity contribution in [2.75, 3.05) is 13.6 Å². The molecular formula is C15H18ClF2N3. The van der Waals surface area contributed by atoms with Crippen LogP contribution in [0, 0.1) is 11.6 Å². The summed E-state index contributed by atoms with van der Waals surface area (Å²) in [5, 5.41) is -0.355. The summed E-state index contributed by atoms with van der Waals surface area (Å²) >= 11 is 6.15. The van der Waals surface area contributed by atoms with Gasteiger partial charge in [-0.25, -0.2) is 13.8 Å². The maximum absolute atomic E-state index is 14.1. The molecule has 1 unspecified atom stereocenters. The molecule has 0 amide bonds. The molecule has 1 fully saturated rings. The van der Waals surface area contributed by atoms with Crippen LogP contribution in [0.5, 0.6) is 0 Å². The van der Waals surface area contributed by atoms with Crippen LogP contribution in [0.15, 0.2) is 12.1 Å². The van der Waals surface area contributed by atoms with Gasteiger partial charge in [-0.05, 0) is 38.9 Å². The van der Waals surface area contributed by atoms with Gasteiger partial charge >= 0.3 is 0 Å². The molecule has 1 saturated carbocycles. The van der Waals surface area contributed by atoms with E-state index in [1.807, 2.05) is 0 Å². The zero-order valence-corrected chi connectivity index (χ0v) is 12.9. The number of rotatable bonds is 5. The van der Waals surface area contributed by atoms with E-state index < -0.39 is 11.6 Å². The van der Waals surface area contributed by atoms with Crippen LogP contribution in [-0.4, -0.2) is 34.1 Å². The minimum atomic E-state index is -0.854. The van der Waals surface area contributed by atoms with Crippen molar-refractivity contribution in [1.29, 1.82) is 0 Å². The molecule has 0 spiro atoms. The number of nitrogens with zero attached hydrogens (tertiary/aromatic N) is 3. The normalized spacial score (nSPS) is 16.9. The van der Waals surface area contributed by atoms with Gasteiger partial charge in [-0.2, -0.15) is 0 Å². The van der Waals surface area contributed by atoms with Crippen molar-refractivity contribution >= 4 is 22.6 Å². The largest absolute Gasteiger partial charge is 0.323 e. The predicted octanol–water partition coefficient (Wildman–Crippen LogP) is 3.71. The van der Waals surface area contributed by atoms with E-state index in [9.17, 15) is 8.78 Å². The molecule has 0 radical (unpaired) electrons. The highest BCUT2D eigenvalue weighted by atomic mass is 35.5. The molecular weight excluding hydrogens is 296 g/mol. The van der Waals surface area contributed by atoms with Gasteiger partial charge in [0.25, 0.3) is 0 Å². The van der Waals surface area contributed by atoms with Gasteiger partial charge in [0.2, 0.25) is 0 Å². The molecule has 0 aliphatic heterocycles. The van der Waals surface area contributed by atoms with E-state index in [1.165, 1.54) is 18.9 Å². The molecule has 0 saturated heterocycles. The SMILES string of the molecule is CC(Cl)c1nc2ccc(F)c(F)c2n1CCN(C)C1CC1. The fraction of sp³-hybridized carbons (Fsp3) is 0.533. The summed E-state index contributed by atoms with van der Waals surface area (Å²) in [6, 6.07) is 3.23. The first-order valence-electron chi connectivity index (χ1n) is 7.17. The van der Waals surface area contributed by atoms with E-state index in [1.54, 1.807) is 11.5 Å². The quantitative estimate of drug-likeness (QED) is 0.785. The summed E-state index contributed by atoms with van der Waals surface area (Å²) in [7, 11) is 2.05. The van der Waals surface area contributed by atoms with Crippen LogP contribution in [0.4, 0.5) is 8.78 Å². The molecule has 2 aromatic rings. The zero-order chi connectivity index (χ0) is 15.1. The van der Waals surface area contributed by atoms with Gasteiger partial charge in [0, 0.05) is 19.1 Å². The Morgan fingerprint density at radius 3 is 2.76 bits per heavy atom. The first-order valence-corrected chi connectivity index (χ1v) is 7.61. The van der Waals surface area contributed by atoms with E-state index in [0.29, 0.717) is 23.9 Å². The van der Waals surface area contributed by atoms with Crippen LogP contribution in [0.2, 0.25) is 0 Å². The van der Waals surface area contributed by atoms with E-state index in [-0.39, 0.29) is 10.9 Å². The third-order valence-corrected chi connectivity index (χ3v) is 4.23. The summed E-state index contributed by atoms with van der Waals surface area (Å²) in [6.45, 7) is 3.11. The average Bonchev–Trinajstić information content (AvgIpc) is 3.21. The van der Waals surface area contributed by atoms with Gasteiger partial charge in [-0.3, -0.25) is 0 Å². The van der Waals surface area contributed by atoms with Gasteiger partial charge in [0.05, 0.1) is 10.9 Å². The second-order valence-corrected chi connectivity index (χ2v) is 6.33. The van der Waals surface area contributed by atoms with Crippen molar-refractivity contribution in [2.24, 2.45) is 0 Å². The predicted molar refractivity (Wildman–Crippen MR) is 79.6 cm³/mol. The van der Waals surface area contributed by atoms with Gasteiger partial charge in [-0.1, -0.05) is 0 Å². The molecule has 1 aliphatic carbocycles. The van der Waals surface area contributed by atoms with E-state index in [2.05, 4.69) is 16.9 Å². The number of likely N-dealkylation sites (N-methyl/N-ethyl adjacent to an activating group) is 1. The summed E-state index contributed by atoms with van der Waals surface area (Å²) in [4.78, 5) is 6.60. The number of halogens is 3. The first-order chi connectivity index (χ1) is 9.99. The smallest absolute Gasteiger partial charge is 0.184 e. The minimum absolute atomic E-state index is 0.210. The third kappa shape index (κ3) is 2.77. The Hall–Kier alpha value is -1.20. The fourth-order valence-corrected chi connectivity index (χ4v) is 2.83. The lowest BCUT2D eigenvalue weighted by atomic mass is 10.3. The molecule has 3 nitrogen and oxygen atoms in total. The monoisotopic (exact) mass is 313 g/mol. The number of aromatic nitrogens is 2. The van der Waals surface area contributed by atoms with Gasteiger partial charge < -0.3 is 9.47 Å². The first kappa shape index (κ1) is 14.7. The lowest BCUT2D eigenvalue weighted by Gasteiger charge is -2.18.